The summed E-state index contributed by atoms with van der Waals surface area (Å²) in [6.07, 6.45) is 0. The van der Waals surface area contributed by atoms with Crippen LogP contribution in [0, 0.1) is 0 Å². The molecule has 4 heteroatoms. The van der Waals surface area contributed by atoms with E-state index in [-0.39, 0.29) is 0 Å². The van der Waals surface area contributed by atoms with E-state index in [1.165, 1.54) is 30.2 Å². The standard InChI is InChI=1S/C16H26N2OS/c1-14(2)17-13-15-3-5-16(6-4-15)19-10-7-18-8-11-20-12-9-18/h3-6,14,17H,7-13H2,1-2H3. The second kappa shape index (κ2) is 8.55. The van der Waals surface area contributed by atoms with Crippen LogP contribution in [0.25, 0.3) is 0 Å². The van der Waals surface area contributed by atoms with Crippen molar-refractivity contribution in [2.45, 2.75) is 26.4 Å². The molecule has 1 heterocycles. The van der Waals surface area contributed by atoms with Crippen molar-refractivity contribution in [3.8, 4) is 5.75 Å². The number of benzene rings is 1. The maximum absolute atomic E-state index is 5.82. The summed E-state index contributed by atoms with van der Waals surface area (Å²) in [5.41, 5.74) is 1.30. The lowest BCUT2D eigenvalue weighted by Crippen LogP contribution is -2.35. The predicted octanol–water partition coefficient (Wildman–Crippen LogP) is 2.61. The summed E-state index contributed by atoms with van der Waals surface area (Å²) in [7, 11) is 0. The van der Waals surface area contributed by atoms with Crippen LogP contribution in [0.3, 0.4) is 0 Å². The van der Waals surface area contributed by atoms with Crippen LogP contribution in [-0.4, -0.2) is 48.7 Å². The zero-order valence-electron chi connectivity index (χ0n) is 12.6. The van der Waals surface area contributed by atoms with Gasteiger partial charge in [-0.25, -0.2) is 0 Å². The Morgan fingerprint density at radius 3 is 2.55 bits per heavy atom. The van der Waals surface area contributed by atoms with Crippen LogP contribution in [0.1, 0.15) is 19.4 Å². The molecule has 0 saturated carbocycles. The van der Waals surface area contributed by atoms with E-state index in [2.05, 4.69) is 48.3 Å². The third kappa shape index (κ3) is 5.73. The summed E-state index contributed by atoms with van der Waals surface area (Å²) in [6, 6.07) is 8.95. The van der Waals surface area contributed by atoms with Crippen molar-refractivity contribution in [3.63, 3.8) is 0 Å². The maximum atomic E-state index is 5.82. The molecule has 1 aromatic rings. The second-order valence-electron chi connectivity index (χ2n) is 5.48. The molecular formula is C16H26N2OS. The first-order chi connectivity index (χ1) is 9.74. The molecule has 2 rings (SSSR count). The second-order valence-corrected chi connectivity index (χ2v) is 6.71. The molecule has 112 valence electrons. The van der Waals surface area contributed by atoms with Gasteiger partial charge in [-0.05, 0) is 17.7 Å². The topological polar surface area (TPSA) is 24.5 Å². The Hall–Kier alpha value is -0.710. The minimum absolute atomic E-state index is 0.522. The first kappa shape index (κ1) is 15.7. The highest BCUT2D eigenvalue weighted by Crippen LogP contribution is 2.13. The van der Waals surface area contributed by atoms with Gasteiger partial charge in [-0.15, -0.1) is 0 Å². The minimum Gasteiger partial charge on any atom is -0.492 e. The number of hydrogen-bond donors (Lipinski definition) is 1. The fourth-order valence-corrected chi connectivity index (χ4v) is 3.12. The first-order valence-electron chi connectivity index (χ1n) is 7.49. The third-order valence-electron chi connectivity index (χ3n) is 3.42. The van der Waals surface area contributed by atoms with Gasteiger partial charge in [-0.2, -0.15) is 11.8 Å². The molecule has 20 heavy (non-hydrogen) atoms. The number of nitrogens with zero attached hydrogens (tertiary/aromatic N) is 1. The van der Waals surface area contributed by atoms with Gasteiger partial charge in [0.05, 0.1) is 0 Å². The van der Waals surface area contributed by atoms with Crippen molar-refractivity contribution < 1.29 is 4.74 Å². The van der Waals surface area contributed by atoms with Gasteiger partial charge in [0.2, 0.25) is 0 Å². The van der Waals surface area contributed by atoms with Gasteiger partial charge in [0.1, 0.15) is 12.4 Å². The van der Waals surface area contributed by atoms with Gasteiger partial charge < -0.3 is 10.1 Å². The molecule has 0 aliphatic carbocycles. The van der Waals surface area contributed by atoms with Gasteiger partial charge in [0.25, 0.3) is 0 Å². The molecule has 1 saturated heterocycles. The van der Waals surface area contributed by atoms with Crippen molar-refractivity contribution >= 4 is 11.8 Å². The Morgan fingerprint density at radius 2 is 1.90 bits per heavy atom. The van der Waals surface area contributed by atoms with Gasteiger partial charge in [-0.3, -0.25) is 4.90 Å². The van der Waals surface area contributed by atoms with Gasteiger partial charge in [0.15, 0.2) is 0 Å². The molecular weight excluding hydrogens is 268 g/mol. The van der Waals surface area contributed by atoms with Gasteiger partial charge in [-0.1, -0.05) is 26.0 Å². The van der Waals surface area contributed by atoms with E-state index in [4.69, 9.17) is 4.74 Å². The molecule has 1 fully saturated rings. The zero-order chi connectivity index (χ0) is 14.2. The van der Waals surface area contributed by atoms with E-state index < -0.39 is 0 Å². The van der Waals surface area contributed by atoms with Crippen LogP contribution in [-0.2, 0) is 6.54 Å². The lowest BCUT2D eigenvalue weighted by molar-refractivity contribution is 0.222. The van der Waals surface area contributed by atoms with Crippen LogP contribution < -0.4 is 10.1 Å². The molecule has 0 unspecified atom stereocenters. The summed E-state index contributed by atoms with van der Waals surface area (Å²) in [5.74, 6) is 3.50. The molecule has 0 bridgehead atoms. The molecule has 0 amide bonds. The average molecular weight is 294 g/mol. The maximum Gasteiger partial charge on any atom is 0.119 e. The Kier molecular flexibility index (Phi) is 6.70. The van der Waals surface area contributed by atoms with Crippen molar-refractivity contribution in [2.24, 2.45) is 0 Å². The molecule has 1 aliphatic heterocycles. The first-order valence-corrected chi connectivity index (χ1v) is 8.65. The number of ether oxygens (including phenoxy) is 1. The Labute approximate surface area is 127 Å². The third-order valence-corrected chi connectivity index (χ3v) is 4.36. The Bertz CT molecular complexity index is 375. The van der Waals surface area contributed by atoms with Crippen molar-refractivity contribution in [1.29, 1.82) is 0 Å². The highest BCUT2D eigenvalue weighted by Gasteiger charge is 2.09. The van der Waals surface area contributed by atoms with E-state index in [9.17, 15) is 0 Å². The lowest BCUT2D eigenvalue weighted by Gasteiger charge is -2.25. The predicted molar refractivity (Wildman–Crippen MR) is 87.7 cm³/mol. The minimum atomic E-state index is 0.522. The Balaban J connectivity index is 1.67. The smallest absolute Gasteiger partial charge is 0.119 e. The molecule has 1 aromatic carbocycles. The summed E-state index contributed by atoms with van der Waals surface area (Å²) in [6.45, 7) is 9.48. The molecule has 1 N–H and O–H groups in total. The summed E-state index contributed by atoms with van der Waals surface area (Å²) >= 11 is 2.05. The quantitative estimate of drug-likeness (QED) is 0.835. The number of rotatable bonds is 7. The van der Waals surface area contributed by atoms with Crippen LogP contribution in [0.15, 0.2) is 24.3 Å². The molecule has 3 nitrogen and oxygen atoms in total. The van der Waals surface area contributed by atoms with Crippen molar-refractivity contribution in [1.82, 2.24) is 10.2 Å². The van der Waals surface area contributed by atoms with Crippen LogP contribution in [0.2, 0.25) is 0 Å². The van der Waals surface area contributed by atoms with Crippen molar-refractivity contribution in [3.05, 3.63) is 29.8 Å². The van der Waals surface area contributed by atoms with Gasteiger partial charge >= 0.3 is 0 Å². The highest BCUT2D eigenvalue weighted by atomic mass is 32.2. The zero-order valence-corrected chi connectivity index (χ0v) is 13.4. The lowest BCUT2D eigenvalue weighted by atomic mass is 10.2. The summed E-state index contributed by atoms with van der Waals surface area (Å²) in [4.78, 5) is 2.48. The molecule has 1 aliphatic rings. The number of hydrogen-bond acceptors (Lipinski definition) is 4. The van der Waals surface area contributed by atoms with Crippen LogP contribution in [0.4, 0.5) is 0 Å². The summed E-state index contributed by atoms with van der Waals surface area (Å²) < 4.78 is 5.82. The molecule has 0 radical (unpaired) electrons. The van der Waals surface area contributed by atoms with Crippen LogP contribution in [0.5, 0.6) is 5.75 Å². The number of thioether (sulfide) groups is 1. The molecule has 0 spiro atoms. The fraction of sp³-hybridized carbons (Fsp3) is 0.625. The number of nitrogens with one attached hydrogen (secondary N) is 1. The van der Waals surface area contributed by atoms with E-state index >= 15 is 0 Å². The average Bonchev–Trinajstić information content (AvgIpc) is 2.47. The molecule has 0 aromatic heterocycles. The van der Waals surface area contributed by atoms with Crippen LogP contribution >= 0.6 is 11.8 Å². The van der Waals surface area contributed by atoms with Crippen molar-refractivity contribution in [2.75, 3.05) is 37.7 Å². The normalized spacial score (nSPS) is 16.6. The van der Waals surface area contributed by atoms with E-state index in [0.717, 1.165) is 25.4 Å². The summed E-state index contributed by atoms with van der Waals surface area (Å²) in [5, 5.41) is 3.42. The Morgan fingerprint density at radius 1 is 1.20 bits per heavy atom. The van der Waals surface area contributed by atoms with E-state index in [0.29, 0.717) is 6.04 Å². The molecule has 0 atom stereocenters. The fourth-order valence-electron chi connectivity index (χ4n) is 2.14. The largest absolute Gasteiger partial charge is 0.492 e. The SMILES string of the molecule is CC(C)NCc1ccc(OCCN2CCSCC2)cc1. The van der Waals surface area contributed by atoms with E-state index in [1.807, 2.05) is 11.8 Å². The highest BCUT2D eigenvalue weighted by molar-refractivity contribution is 7.99. The monoisotopic (exact) mass is 294 g/mol. The van der Waals surface area contributed by atoms with E-state index in [1.54, 1.807) is 0 Å². The van der Waals surface area contributed by atoms with Gasteiger partial charge in [0, 0.05) is 43.7 Å².